The van der Waals surface area contributed by atoms with Crippen molar-refractivity contribution < 1.29 is 33.0 Å². The summed E-state index contributed by atoms with van der Waals surface area (Å²) in [5.41, 5.74) is 3.04. The minimum Gasteiger partial charge on any atom is -0.461 e. The highest BCUT2D eigenvalue weighted by atomic mass is 35.5. The second kappa shape index (κ2) is 12.6. The maximum absolute atomic E-state index is 13.4. The first kappa shape index (κ1) is 26.5. The fourth-order valence-corrected chi connectivity index (χ4v) is 6.15. The number of nitrogens with one attached hydrogen (secondary N) is 3. The van der Waals surface area contributed by atoms with Gasteiger partial charge >= 0.3 is 5.97 Å². The van der Waals surface area contributed by atoms with Gasteiger partial charge in [0.1, 0.15) is 25.2 Å². The van der Waals surface area contributed by atoms with E-state index in [0.717, 1.165) is 32.2 Å². The Labute approximate surface area is 206 Å². The van der Waals surface area contributed by atoms with E-state index < -0.39 is 6.17 Å². The van der Waals surface area contributed by atoms with Gasteiger partial charge in [0.25, 0.3) is 0 Å². The summed E-state index contributed by atoms with van der Waals surface area (Å²) in [4.78, 5) is 17.9. The number of hydroxylamine groups is 1. The molecule has 0 bridgehead atoms. The number of methoxy groups -OCH3 is 2. The monoisotopic (exact) mass is 507 g/mol. The summed E-state index contributed by atoms with van der Waals surface area (Å²) in [6, 6.07) is 0. The Morgan fingerprint density at radius 3 is 2.62 bits per heavy atom. The molecule has 4 fully saturated rings. The highest BCUT2D eigenvalue weighted by Gasteiger charge is 2.42. The predicted octanol–water partition coefficient (Wildman–Crippen LogP) is 1.98. The van der Waals surface area contributed by atoms with Crippen LogP contribution in [0.1, 0.15) is 51.4 Å². The van der Waals surface area contributed by atoms with E-state index in [1.807, 2.05) is 0 Å². The van der Waals surface area contributed by atoms with Crippen LogP contribution >= 0.6 is 11.6 Å². The average Bonchev–Trinajstić information content (AvgIpc) is 3.51. The number of carbonyl (C=O) groups is 1. The van der Waals surface area contributed by atoms with Crippen molar-refractivity contribution in [2.75, 3.05) is 27.4 Å². The van der Waals surface area contributed by atoms with Crippen LogP contribution in [0.2, 0.25) is 0 Å². The Morgan fingerprint density at radius 1 is 1.09 bits per heavy atom. The van der Waals surface area contributed by atoms with E-state index in [4.69, 9.17) is 35.4 Å². The van der Waals surface area contributed by atoms with E-state index in [9.17, 15) is 9.18 Å². The van der Waals surface area contributed by atoms with Crippen LogP contribution in [0, 0.1) is 11.8 Å². The summed E-state index contributed by atoms with van der Waals surface area (Å²) in [6.45, 7) is 0.891. The molecule has 0 radical (unpaired) electrons. The first-order valence-electron chi connectivity index (χ1n) is 12.5. The van der Waals surface area contributed by atoms with Gasteiger partial charge in [0, 0.05) is 27.2 Å². The van der Waals surface area contributed by atoms with Gasteiger partial charge in [0.2, 0.25) is 0 Å². The Hall–Kier alpha value is -0.590. The number of alkyl halides is 2. The Kier molecular flexibility index (Phi) is 9.80. The minimum absolute atomic E-state index is 0.0690. The molecule has 3 N–H and O–H groups in total. The lowest BCUT2D eigenvalue weighted by molar-refractivity contribution is -0.149. The van der Waals surface area contributed by atoms with E-state index in [1.165, 1.54) is 0 Å². The van der Waals surface area contributed by atoms with Gasteiger partial charge < -0.3 is 18.9 Å². The summed E-state index contributed by atoms with van der Waals surface area (Å²) in [5.74, 6) is 0.305. The summed E-state index contributed by atoms with van der Waals surface area (Å²) in [5, 5.41) is 6.51. The van der Waals surface area contributed by atoms with Crippen LogP contribution < -0.4 is 16.1 Å². The van der Waals surface area contributed by atoms with Crippen molar-refractivity contribution >= 4 is 17.6 Å². The fourth-order valence-electron chi connectivity index (χ4n) is 5.66. The van der Waals surface area contributed by atoms with Gasteiger partial charge in [-0.15, -0.1) is 11.6 Å². The third-order valence-corrected chi connectivity index (χ3v) is 8.08. The maximum atomic E-state index is 13.4. The van der Waals surface area contributed by atoms with Gasteiger partial charge in [0.05, 0.1) is 29.9 Å². The third-order valence-electron chi connectivity index (χ3n) is 7.65. The van der Waals surface area contributed by atoms with Crippen molar-refractivity contribution in [3.63, 3.8) is 0 Å². The highest BCUT2D eigenvalue weighted by Crippen LogP contribution is 2.34. The normalized spacial score (nSPS) is 43.2. The van der Waals surface area contributed by atoms with E-state index in [-0.39, 0.29) is 67.2 Å². The first-order valence-corrected chi connectivity index (χ1v) is 13.0. The number of rotatable bonds is 9. The number of hydrogen-bond donors (Lipinski definition) is 3. The molecule has 8 atom stereocenters. The number of hydrogen-bond acceptors (Lipinski definition) is 9. The molecule has 2 aliphatic carbocycles. The summed E-state index contributed by atoms with van der Waals surface area (Å²) >= 11 is 6.52. The fraction of sp³-hybridized carbons (Fsp3) is 0.957. The zero-order chi connectivity index (χ0) is 24.1. The lowest BCUT2D eigenvalue weighted by atomic mass is 9.83. The smallest absolute Gasteiger partial charge is 0.306 e. The molecule has 0 aromatic carbocycles. The van der Waals surface area contributed by atoms with Crippen molar-refractivity contribution in [3.05, 3.63) is 0 Å². The molecule has 4 aliphatic rings. The van der Waals surface area contributed by atoms with Crippen LogP contribution in [0.3, 0.4) is 0 Å². The van der Waals surface area contributed by atoms with E-state index in [2.05, 4.69) is 16.1 Å². The van der Waals surface area contributed by atoms with Gasteiger partial charge in [0.15, 0.2) is 0 Å². The standard InChI is InChI=1S/C23H39ClFN3O6/c1-30-17-10-14(9-16(24)22(17)31-2)23-27-19(34-28-23)7-8-21(29)32-12-20-26-11-18(33-20)13-3-5-15(25)6-4-13/h13-20,22-23,26-28H,3-12H2,1-2H3. The zero-order valence-corrected chi connectivity index (χ0v) is 20.8. The van der Waals surface area contributed by atoms with Crippen molar-refractivity contribution in [1.82, 2.24) is 16.1 Å². The lowest BCUT2D eigenvalue weighted by Crippen LogP contribution is -2.51. The number of ether oxygens (including phenoxy) is 4. The quantitative estimate of drug-likeness (QED) is 0.319. The Balaban J connectivity index is 1.11. The van der Waals surface area contributed by atoms with Crippen LogP contribution in [-0.4, -0.2) is 81.8 Å². The minimum atomic E-state index is -0.670. The Bertz CT molecular complexity index is 658. The second-order valence-corrected chi connectivity index (χ2v) is 10.5. The molecule has 2 saturated heterocycles. The van der Waals surface area contributed by atoms with Crippen LogP contribution in [0.4, 0.5) is 4.39 Å². The molecule has 0 spiro atoms. The van der Waals surface area contributed by atoms with Crippen LogP contribution in [0.15, 0.2) is 0 Å². The van der Waals surface area contributed by atoms with E-state index in [1.54, 1.807) is 14.2 Å². The molecular weight excluding hydrogens is 469 g/mol. The molecule has 9 nitrogen and oxygen atoms in total. The molecule has 2 saturated carbocycles. The third kappa shape index (κ3) is 6.79. The van der Waals surface area contributed by atoms with Gasteiger partial charge in [-0.2, -0.15) is 5.48 Å². The molecule has 8 unspecified atom stereocenters. The first-order chi connectivity index (χ1) is 16.5. The second-order valence-electron chi connectivity index (χ2n) is 9.90. The Morgan fingerprint density at radius 2 is 1.88 bits per heavy atom. The average molecular weight is 508 g/mol. The van der Waals surface area contributed by atoms with Crippen molar-refractivity contribution in [2.45, 2.75) is 99.8 Å². The van der Waals surface area contributed by atoms with Gasteiger partial charge in [-0.1, -0.05) is 0 Å². The van der Waals surface area contributed by atoms with E-state index >= 15 is 0 Å². The number of esters is 1. The van der Waals surface area contributed by atoms with E-state index in [0.29, 0.717) is 25.2 Å². The number of carbonyl (C=O) groups excluding carboxylic acids is 1. The molecule has 0 amide bonds. The summed E-state index contributed by atoms with van der Waals surface area (Å²) in [6.07, 6.45) is 3.77. The molecule has 2 aliphatic heterocycles. The molecule has 0 aromatic rings. The van der Waals surface area contributed by atoms with Crippen molar-refractivity contribution in [2.24, 2.45) is 11.8 Å². The maximum Gasteiger partial charge on any atom is 0.306 e. The van der Waals surface area contributed by atoms with Gasteiger partial charge in [-0.3, -0.25) is 20.3 Å². The SMILES string of the molecule is COC1CC(C2NOC(CCC(=O)OCC3NCC(C4CCC(F)CC4)O3)N2)CC(Cl)C1OC. The van der Waals surface area contributed by atoms with Crippen LogP contribution in [-0.2, 0) is 28.6 Å². The van der Waals surface area contributed by atoms with Crippen LogP contribution in [0.25, 0.3) is 0 Å². The molecule has 2 heterocycles. The molecular formula is C23H39ClFN3O6. The van der Waals surface area contributed by atoms with Gasteiger partial charge in [-0.05, 0) is 56.8 Å². The highest BCUT2D eigenvalue weighted by molar-refractivity contribution is 6.21. The van der Waals surface area contributed by atoms with Crippen LogP contribution in [0.5, 0.6) is 0 Å². The molecule has 4 rings (SSSR count). The topological polar surface area (TPSA) is 99.3 Å². The zero-order valence-electron chi connectivity index (χ0n) is 20.0. The largest absolute Gasteiger partial charge is 0.461 e. The van der Waals surface area contributed by atoms with Crippen molar-refractivity contribution in [1.29, 1.82) is 0 Å². The predicted molar refractivity (Wildman–Crippen MR) is 123 cm³/mol. The summed E-state index contributed by atoms with van der Waals surface area (Å²) in [7, 11) is 3.33. The summed E-state index contributed by atoms with van der Waals surface area (Å²) < 4.78 is 35.8. The lowest BCUT2D eigenvalue weighted by Gasteiger charge is -2.39. The molecule has 11 heteroatoms. The molecule has 0 aromatic heterocycles. The van der Waals surface area contributed by atoms with Crippen molar-refractivity contribution in [3.8, 4) is 0 Å². The molecule has 34 heavy (non-hydrogen) atoms. The molecule has 196 valence electrons. The number of halogens is 2. The van der Waals surface area contributed by atoms with Gasteiger partial charge in [-0.25, -0.2) is 4.39 Å².